The summed E-state index contributed by atoms with van der Waals surface area (Å²) in [7, 11) is 0. The Balaban J connectivity index is 1.79. The third-order valence-corrected chi connectivity index (χ3v) is 6.03. The highest BCUT2D eigenvalue weighted by Gasteiger charge is 2.27. The van der Waals surface area contributed by atoms with Crippen LogP contribution in [0.15, 0.2) is 54.6 Å². The van der Waals surface area contributed by atoms with Gasteiger partial charge in [-0.1, -0.05) is 55.3 Å². The zero-order chi connectivity index (χ0) is 17.5. The highest BCUT2D eigenvalue weighted by atomic mass is 32.2. The van der Waals surface area contributed by atoms with Crippen molar-refractivity contribution in [1.82, 2.24) is 0 Å². The van der Waals surface area contributed by atoms with Crippen molar-refractivity contribution in [3.8, 4) is 5.75 Å². The lowest BCUT2D eigenvalue weighted by atomic mass is 10.1. The van der Waals surface area contributed by atoms with Gasteiger partial charge in [-0.15, -0.1) is 11.8 Å². The third kappa shape index (κ3) is 4.79. The molecule has 0 unspecified atom stereocenters. The van der Waals surface area contributed by atoms with Crippen molar-refractivity contribution in [2.75, 3.05) is 11.9 Å². The monoisotopic (exact) mass is 355 g/mol. The number of para-hydroxylation sites is 2. The molecule has 1 fully saturated rings. The molecule has 0 saturated heterocycles. The molecule has 1 atom stereocenters. The fourth-order valence-electron chi connectivity index (χ4n) is 3.19. The number of hydrogen-bond donors (Lipinski definition) is 1. The van der Waals surface area contributed by atoms with Crippen LogP contribution in [-0.4, -0.2) is 17.8 Å². The van der Waals surface area contributed by atoms with Gasteiger partial charge in [0.1, 0.15) is 11.0 Å². The number of carbonyl (C=O) groups is 1. The molecule has 0 spiro atoms. The van der Waals surface area contributed by atoms with Crippen LogP contribution in [-0.2, 0) is 4.79 Å². The molecule has 1 aliphatic rings. The van der Waals surface area contributed by atoms with Crippen LogP contribution in [0, 0.1) is 0 Å². The van der Waals surface area contributed by atoms with Gasteiger partial charge in [0.15, 0.2) is 0 Å². The summed E-state index contributed by atoms with van der Waals surface area (Å²) >= 11 is 1.80. The summed E-state index contributed by atoms with van der Waals surface area (Å²) in [6.45, 7) is 2.52. The lowest BCUT2D eigenvalue weighted by Crippen LogP contribution is -2.21. The predicted octanol–water partition coefficient (Wildman–Crippen LogP) is 5.44. The number of amides is 1. The van der Waals surface area contributed by atoms with Crippen LogP contribution in [0.4, 0.5) is 5.69 Å². The van der Waals surface area contributed by atoms with Crippen molar-refractivity contribution < 1.29 is 9.53 Å². The number of thioether (sulfide) groups is 1. The number of rotatable bonds is 7. The van der Waals surface area contributed by atoms with Crippen LogP contribution in [0.2, 0.25) is 0 Å². The lowest BCUT2D eigenvalue weighted by molar-refractivity contribution is -0.115. The van der Waals surface area contributed by atoms with E-state index in [9.17, 15) is 4.79 Å². The average Bonchev–Trinajstić information content (AvgIpc) is 3.15. The maximum absolute atomic E-state index is 13.1. The van der Waals surface area contributed by atoms with E-state index in [1.807, 2.05) is 61.5 Å². The summed E-state index contributed by atoms with van der Waals surface area (Å²) in [5.41, 5.74) is 1.80. The van der Waals surface area contributed by atoms with Gasteiger partial charge in [-0.25, -0.2) is 0 Å². The van der Waals surface area contributed by atoms with Gasteiger partial charge in [0.2, 0.25) is 5.91 Å². The second-order valence-corrected chi connectivity index (χ2v) is 7.66. The molecule has 25 heavy (non-hydrogen) atoms. The first kappa shape index (κ1) is 17.9. The van der Waals surface area contributed by atoms with Crippen LogP contribution in [0.3, 0.4) is 0 Å². The molecule has 0 radical (unpaired) electrons. The molecule has 1 aliphatic carbocycles. The number of benzene rings is 2. The summed E-state index contributed by atoms with van der Waals surface area (Å²) in [5.74, 6) is 0.742. The van der Waals surface area contributed by atoms with E-state index < -0.39 is 0 Å². The quantitative estimate of drug-likeness (QED) is 0.718. The van der Waals surface area contributed by atoms with E-state index >= 15 is 0 Å². The Morgan fingerprint density at radius 2 is 1.80 bits per heavy atom. The van der Waals surface area contributed by atoms with Crippen LogP contribution < -0.4 is 10.1 Å². The second-order valence-electron chi connectivity index (χ2n) is 6.25. The third-order valence-electron chi connectivity index (χ3n) is 4.42. The standard InChI is InChI=1S/C21H25NO2S/c1-2-24-19-15-9-8-14-18(19)22-21(23)20(16-10-4-3-5-11-16)25-17-12-6-7-13-17/h3-5,8-11,14-15,17,20H,2,6-7,12-13H2,1H3,(H,22,23)/t20-/m1/s1. The predicted molar refractivity (Wildman–Crippen MR) is 105 cm³/mol. The molecule has 3 nitrogen and oxygen atoms in total. The number of ether oxygens (including phenoxy) is 1. The highest BCUT2D eigenvalue weighted by Crippen LogP contribution is 2.40. The summed E-state index contributed by atoms with van der Waals surface area (Å²) in [6.07, 6.45) is 4.95. The van der Waals surface area contributed by atoms with Gasteiger partial charge >= 0.3 is 0 Å². The minimum absolute atomic E-state index is 0.0234. The van der Waals surface area contributed by atoms with Crippen LogP contribution in [0.1, 0.15) is 43.4 Å². The normalized spacial score (nSPS) is 15.7. The Labute approximate surface area is 154 Å². The number of hydrogen-bond acceptors (Lipinski definition) is 3. The average molecular weight is 356 g/mol. The smallest absolute Gasteiger partial charge is 0.242 e. The summed E-state index contributed by atoms with van der Waals surface area (Å²) in [6, 6.07) is 17.7. The molecule has 0 heterocycles. The first-order valence-electron chi connectivity index (χ1n) is 9.01. The molecule has 1 amide bonds. The minimum Gasteiger partial charge on any atom is -0.492 e. The van der Waals surface area contributed by atoms with Gasteiger partial charge in [-0.05, 0) is 37.5 Å². The van der Waals surface area contributed by atoms with E-state index in [0.29, 0.717) is 11.9 Å². The molecule has 0 aliphatic heterocycles. The Hall–Kier alpha value is -1.94. The van der Waals surface area contributed by atoms with Gasteiger partial charge in [0.25, 0.3) is 0 Å². The molecule has 2 aromatic rings. The maximum Gasteiger partial charge on any atom is 0.242 e. The van der Waals surface area contributed by atoms with Crippen molar-refractivity contribution in [2.45, 2.75) is 43.1 Å². The van der Waals surface area contributed by atoms with E-state index in [1.54, 1.807) is 11.8 Å². The molecule has 0 bridgehead atoms. The van der Waals surface area contributed by atoms with Crippen LogP contribution in [0.25, 0.3) is 0 Å². The Kier molecular flexibility index (Phi) is 6.40. The first-order chi connectivity index (χ1) is 12.3. The molecule has 132 valence electrons. The topological polar surface area (TPSA) is 38.3 Å². The van der Waals surface area contributed by atoms with E-state index in [4.69, 9.17) is 4.74 Å². The Bertz CT molecular complexity index is 683. The fraction of sp³-hybridized carbons (Fsp3) is 0.381. The number of carbonyl (C=O) groups excluding carboxylic acids is 1. The van der Waals surface area contributed by atoms with Gasteiger partial charge in [0.05, 0.1) is 12.3 Å². The van der Waals surface area contributed by atoms with Crippen molar-refractivity contribution in [3.63, 3.8) is 0 Å². The maximum atomic E-state index is 13.1. The number of anilines is 1. The van der Waals surface area contributed by atoms with Crippen molar-refractivity contribution in [2.24, 2.45) is 0 Å². The van der Waals surface area contributed by atoms with Gasteiger partial charge < -0.3 is 10.1 Å². The van der Waals surface area contributed by atoms with E-state index in [0.717, 1.165) is 17.0 Å². The van der Waals surface area contributed by atoms with Crippen LogP contribution in [0.5, 0.6) is 5.75 Å². The molecule has 0 aromatic heterocycles. The summed E-state index contributed by atoms with van der Waals surface area (Å²) < 4.78 is 5.64. The molecule has 1 saturated carbocycles. The SMILES string of the molecule is CCOc1ccccc1NC(=O)[C@H](SC1CCCC1)c1ccccc1. The molecular weight excluding hydrogens is 330 g/mol. The number of nitrogens with one attached hydrogen (secondary N) is 1. The van der Waals surface area contributed by atoms with Gasteiger partial charge in [0, 0.05) is 5.25 Å². The summed E-state index contributed by atoms with van der Waals surface area (Å²) in [5, 5.41) is 3.46. The molecule has 3 rings (SSSR count). The van der Waals surface area contributed by atoms with Crippen molar-refractivity contribution in [1.29, 1.82) is 0 Å². The second kappa shape index (κ2) is 8.95. The van der Waals surface area contributed by atoms with Crippen LogP contribution >= 0.6 is 11.8 Å². The van der Waals surface area contributed by atoms with Gasteiger partial charge in [-0.3, -0.25) is 4.79 Å². The molecular formula is C21H25NO2S. The zero-order valence-corrected chi connectivity index (χ0v) is 15.4. The largest absolute Gasteiger partial charge is 0.492 e. The van der Waals surface area contributed by atoms with E-state index in [2.05, 4.69) is 5.32 Å². The summed E-state index contributed by atoms with van der Waals surface area (Å²) in [4.78, 5) is 13.1. The molecule has 2 aromatic carbocycles. The minimum atomic E-state index is -0.195. The van der Waals surface area contributed by atoms with E-state index in [-0.39, 0.29) is 11.2 Å². The van der Waals surface area contributed by atoms with Crippen molar-refractivity contribution >= 4 is 23.4 Å². The molecule has 4 heteroatoms. The lowest BCUT2D eigenvalue weighted by Gasteiger charge is -2.21. The fourth-order valence-corrected chi connectivity index (χ4v) is 4.67. The molecule has 1 N–H and O–H groups in total. The highest BCUT2D eigenvalue weighted by molar-refractivity contribution is 8.00. The van der Waals surface area contributed by atoms with Crippen molar-refractivity contribution in [3.05, 3.63) is 60.2 Å². The Morgan fingerprint density at radius 3 is 2.52 bits per heavy atom. The zero-order valence-electron chi connectivity index (χ0n) is 14.6. The Morgan fingerprint density at radius 1 is 1.12 bits per heavy atom. The van der Waals surface area contributed by atoms with E-state index in [1.165, 1.54) is 25.7 Å². The first-order valence-corrected chi connectivity index (χ1v) is 9.95. The van der Waals surface area contributed by atoms with Gasteiger partial charge in [-0.2, -0.15) is 0 Å².